The van der Waals surface area contributed by atoms with E-state index in [4.69, 9.17) is 0 Å². The van der Waals surface area contributed by atoms with Crippen molar-refractivity contribution in [2.24, 2.45) is 0 Å². The normalized spacial score (nSPS) is 12.4. The van der Waals surface area contributed by atoms with Gasteiger partial charge in [-0.1, -0.05) is 0 Å². The van der Waals surface area contributed by atoms with E-state index in [1.807, 2.05) is 0 Å². The first-order chi connectivity index (χ1) is 2.81. The summed E-state index contributed by atoms with van der Waals surface area (Å²) in [6, 6.07) is 0. The first kappa shape index (κ1) is 10.6. The Balaban J connectivity index is 0. The Bertz CT molecular complexity index is 28.9. The van der Waals surface area contributed by atoms with Crippen LogP contribution in [0.4, 0.5) is 0 Å². The van der Waals surface area contributed by atoms with Crippen LogP contribution in [-0.4, -0.2) is 13.4 Å². The largest absolute Gasteiger partial charge is 0.533 e. The molecule has 0 fully saturated rings. The van der Waals surface area contributed by atoms with Gasteiger partial charge in [-0.15, -0.1) is 0 Å². The Labute approximate surface area is 58.4 Å². The summed E-state index contributed by atoms with van der Waals surface area (Å²) in [7, 11) is 4.70. The molecule has 0 heterocycles. The maximum absolute atomic E-state index is 4.61. The van der Waals surface area contributed by atoms with Gasteiger partial charge in [0, 0.05) is 28.2 Å². The smallest absolute Gasteiger partial charge is 0.124 e. The summed E-state index contributed by atoms with van der Waals surface area (Å²) in [4.78, 5) is 0. The van der Waals surface area contributed by atoms with E-state index >= 15 is 0 Å². The molecule has 1 atom stereocenters. The minimum Gasteiger partial charge on any atom is -0.533 e. The van der Waals surface area contributed by atoms with Gasteiger partial charge in [0.15, 0.2) is 0 Å². The van der Waals surface area contributed by atoms with Crippen molar-refractivity contribution in [2.75, 3.05) is 7.11 Å². The topological polar surface area (TPSA) is 18.5 Å². The van der Waals surface area contributed by atoms with E-state index in [1.54, 1.807) is 14.0 Å². The van der Waals surface area contributed by atoms with Gasteiger partial charge < -0.3 is 9.47 Å². The fourth-order valence-electron chi connectivity index (χ4n) is 0.0680. The standard InChI is InChI=1S/C4H9O2.W/c1-4(5-2)6-3;/h4H,2H2,1,3H3;/q-1;. The first-order valence-electron chi connectivity index (χ1n) is 1.75. The van der Waals surface area contributed by atoms with Crippen LogP contribution in [0.1, 0.15) is 6.92 Å². The Morgan fingerprint density at radius 1 is 1.57 bits per heavy atom. The maximum atomic E-state index is 4.61. The second-order valence-corrected chi connectivity index (χ2v) is 0.970. The van der Waals surface area contributed by atoms with Crippen LogP contribution in [0.25, 0.3) is 0 Å². The van der Waals surface area contributed by atoms with E-state index < -0.39 is 0 Å². The van der Waals surface area contributed by atoms with E-state index in [1.165, 1.54) is 0 Å². The molecule has 3 heteroatoms. The molecule has 44 valence electrons. The van der Waals surface area contributed by atoms with Gasteiger partial charge in [-0.3, -0.25) is 0 Å². The monoisotopic (exact) mass is 273 g/mol. The third kappa shape index (κ3) is 6.61. The van der Waals surface area contributed by atoms with Crippen LogP contribution in [0.2, 0.25) is 0 Å². The van der Waals surface area contributed by atoms with E-state index in [9.17, 15) is 0 Å². The van der Waals surface area contributed by atoms with Gasteiger partial charge in [0.1, 0.15) is 6.29 Å². The van der Waals surface area contributed by atoms with Crippen molar-refractivity contribution in [2.45, 2.75) is 13.2 Å². The summed E-state index contributed by atoms with van der Waals surface area (Å²) in [6.07, 6.45) is -0.176. The molecule has 0 aromatic carbocycles. The van der Waals surface area contributed by atoms with Gasteiger partial charge in [-0.25, -0.2) is 7.11 Å². The number of methoxy groups -OCH3 is 1. The molecule has 0 saturated heterocycles. The predicted molar refractivity (Wildman–Crippen MR) is 22.9 cm³/mol. The van der Waals surface area contributed by atoms with Crippen molar-refractivity contribution < 1.29 is 30.5 Å². The fourth-order valence-corrected chi connectivity index (χ4v) is 0.0680. The van der Waals surface area contributed by atoms with Crippen molar-refractivity contribution in [3.63, 3.8) is 0 Å². The average Bonchev–Trinajstić information content (AvgIpc) is 1.65. The zero-order valence-corrected chi connectivity index (χ0v) is 7.44. The molecule has 0 spiro atoms. The van der Waals surface area contributed by atoms with Crippen LogP contribution in [0.15, 0.2) is 0 Å². The predicted octanol–water partition coefficient (Wildman–Crippen LogP) is 0.784. The molecule has 0 rings (SSSR count). The molecule has 0 aliphatic heterocycles. The second kappa shape index (κ2) is 6.61. The first-order valence-corrected chi connectivity index (χ1v) is 1.75. The summed E-state index contributed by atoms with van der Waals surface area (Å²) in [6.45, 7) is 1.77. The van der Waals surface area contributed by atoms with Crippen LogP contribution >= 0.6 is 0 Å². The molecular formula is C4H9O2W-. The van der Waals surface area contributed by atoms with Crippen molar-refractivity contribution in [3.8, 4) is 0 Å². The number of rotatable bonds is 2. The van der Waals surface area contributed by atoms with Crippen molar-refractivity contribution in [1.82, 2.24) is 0 Å². The van der Waals surface area contributed by atoms with Gasteiger partial charge >= 0.3 is 0 Å². The summed E-state index contributed by atoms with van der Waals surface area (Å²) in [5.74, 6) is 0. The summed E-state index contributed by atoms with van der Waals surface area (Å²) >= 11 is 0. The van der Waals surface area contributed by atoms with E-state index in [0.29, 0.717) is 0 Å². The van der Waals surface area contributed by atoms with Gasteiger partial charge in [0.2, 0.25) is 0 Å². The minimum atomic E-state index is -0.176. The van der Waals surface area contributed by atoms with Crippen LogP contribution in [0.3, 0.4) is 0 Å². The molecule has 0 saturated carbocycles. The molecule has 0 aromatic rings. The van der Waals surface area contributed by atoms with Gasteiger partial charge in [-0.05, 0) is 6.92 Å². The van der Waals surface area contributed by atoms with E-state index in [2.05, 4.69) is 16.6 Å². The van der Waals surface area contributed by atoms with Crippen molar-refractivity contribution in [3.05, 3.63) is 7.11 Å². The molecule has 2 nitrogen and oxygen atoms in total. The molecule has 0 N–H and O–H groups in total. The Hall–Kier alpha value is 0.608. The Morgan fingerprint density at radius 2 is 2.00 bits per heavy atom. The summed E-state index contributed by atoms with van der Waals surface area (Å²) < 4.78 is 9.04. The van der Waals surface area contributed by atoms with Crippen LogP contribution < -0.4 is 0 Å². The zero-order chi connectivity index (χ0) is 4.99. The summed E-state index contributed by atoms with van der Waals surface area (Å²) in [5.41, 5.74) is 0. The molecule has 0 aliphatic carbocycles. The Morgan fingerprint density at radius 3 is 2.00 bits per heavy atom. The molecule has 0 aliphatic rings. The Kier molecular flexibility index (Phi) is 9.97. The number of hydrogen-bond donors (Lipinski definition) is 0. The molecule has 0 aromatic heterocycles. The number of ether oxygens (including phenoxy) is 2. The molecule has 7 heavy (non-hydrogen) atoms. The van der Waals surface area contributed by atoms with Crippen LogP contribution in [0, 0.1) is 7.11 Å². The average molecular weight is 273 g/mol. The fraction of sp³-hybridized carbons (Fsp3) is 0.750. The third-order valence-electron chi connectivity index (χ3n) is 0.567. The van der Waals surface area contributed by atoms with Crippen LogP contribution in [-0.2, 0) is 30.5 Å². The maximum Gasteiger partial charge on any atom is 0.124 e. The summed E-state index contributed by atoms with van der Waals surface area (Å²) in [5, 5.41) is 0. The van der Waals surface area contributed by atoms with Crippen molar-refractivity contribution in [1.29, 1.82) is 0 Å². The van der Waals surface area contributed by atoms with Crippen LogP contribution in [0.5, 0.6) is 0 Å². The molecule has 1 unspecified atom stereocenters. The van der Waals surface area contributed by atoms with E-state index in [-0.39, 0.29) is 27.4 Å². The number of hydrogen-bond acceptors (Lipinski definition) is 2. The van der Waals surface area contributed by atoms with Gasteiger partial charge in [0.05, 0.1) is 0 Å². The quantitative estimate of drug-likeness (QED) is 0.547. The minimum absolute atomic E-state index is 0. The van der Waals surface area contributed by atoms with Crippen molar-refractivity contribution >= 4 is 0 Å². The zero-order valence-electron chi connectivity index (χ0n) is 4.51. The van der Waals surface area contributed by atoms with Gasteiger partial charge in [0.25, 0.3) is 0 Å². The molecule has 0 radical (unpaired) electrons. The second-order valence-electron chi connectivity index (χ2n) is 0.970. The molecule has 0 amide bonds. The van der Waals surface area contributed by atoms with E-state index in [0.717, 1.165) is 0 Å². The SMILES string of the molecule is [CH2-]OC(C)OC.[W]. The third-order valence-corrected chi connectivity index (χ3v) is 0.567. The van der Waals surface area contributed by atoms with Gasteiger partial charge in [-0.2, -0.15) is 0 Å². The molecular weight excluding hydrogens is 264 g/mol. The molecule has 0 bridgehead atoms.